The molecule has 0 radical (unpaired) electrons. The van der Waals surface area contributed by atoms with Crippen LogP contribution in [0.1, 0.15) is 35.1 Å². The molecular formula is C34H32ClNO4. The van der Waals surface area contributed by atoms with E-state index in [1.807, 2.05) is 66.7 Å². The second-order valence-electron chi connectivity index (χ2n) is 10.0. The number of halogens is 1. The molecule has 0 spiro atoms. The summed E-state index contributed by atoms with van der Waals surface area (Å²) in [6.45, 7) is 3.45. The Morgan fingerprint density at radius 1 is 0.775 bits per heavy atom. The maximum Gasteiger partial charge on any atom is 0.343 e. The first-order valence-electron chi connectivity index (χ1n) is 13.2. The predicted octanol–water partition coefficient (Wildman–Crippen LogP) is 2.12. The number of Topliss-reactive ketones (excluding diaryl/α,β-unsaturated/α-hetero) is 1. The van der Waals surface area contributed by atoms with E-state index in [0.717, 1.165) is 16.7 Å². The fraction of sp³-hybridized carbons (Fsp3) is 0.176. The zero-order valence-electron chi connectivity index (χ0n) is 22.3. The van der Waals surface area contributed by atoms with Crippen molar-refractivity contribution in [3.63, 3.8) is 0 Å². The number of hydrogen-bond acceptors (Lipinski definition) is 4. The molecule has 204 valence electrons. The van der Waals surface area contributed by atoms with Gasteiger partial charge < -0.3 is 26.8 Å². The average molecular weight is 554 g/mol. The third-order valence-electron chi connectivity index (χ3n) is 7.32. The molecule has 2 unspecified atom stereocenters. The number of carbonyl (C=O) groups excluding carboxylic acids is 1. The van der Waals surface area contributed by atoms with Crippen molar-refractivity contribution in [3.8, 4) is 5.75 Å². The van der Waals surface area contributed by atoms with Crippen LogP contribution in [-0.2, 0) is 17.9 Å². The lowest BCUT2D eigenvalue weighted by atomic mass is 9.78. The predicted molar refractivity (Wildman–Crippen MR) is 153 cm³/mol. The van der Waals surface area contributed by atoms with Crippen LogP contribution in [0.2, 0.25) is 0 Å². The van der Waals surface area contributed by atoms with Crippen LogP contribution in [0.3, 0.4) is 0 Å². The summed E-state index contributed by atoms with van der Waals surface area (Å²) in [5.74, 6) is -1.43. The average Bonchev–Trinajstić information content (AvgIpc) is 2.95. The molecule has 0 saturated heterocycles. The topological polar surface area (TPSA) is 72.0 Å². The summed E-state index contributed by atoms with van der Waals surface area (Å²) < 4.78 is 5.67. The number of para-hydroxylation sites is 1. The molecule has 4 aromatic carbocycles. The molecule has 0 aliphatic rings. The van der Waals surface area contributed by atoms with E-state index >= 15 is 0 Å². The van der Waals surface area contributed by atoms with E-state index in [0.29, 0.717) is 30.6 Å². The molecule has 40 heavy (non-hydrogen) atoms. The monoisotopic (exact) mass is 553 g/mol. The van der Waals surface area contributed by atoms with Gasteiger partial charge >= 0.3 is 5.63 Å². The number of carbonyl (C=O) groups is 1. The van der Waals surface area contributed by atoms with Gasteiger partial charge in [0.15, 0.2) is 0 Å². The van der Waals surface area contributed by atoms with E-state index in [2.05, 4.69) is 24.3 Å². The van der Waals surface area contributed by atoms with Crippen molar-refractivity contribution in [2.24, 2.45) is 5.92 Å². The van der Waals surface area contributed by atoms with E-state index in [9.17, 15) is 14.7 Å². The van der Waals surface area contributed by atoms with Gasteiger partial charge in [0.05, 0.1) is 23.4 Å². The minimum absolute atomic E-state index is 0. The first-order valence-corrected chi connectivity index (χ1v) is 13.2. The van der Waals surface area contributed by atoms with Crippen molar-refractivity contribution in [1.82, 2.24) is 0 Å². The van der Waals surface area contributed by atoms with Crippen molar-refractivity contribution < 1.29 is 31.6 Å². The van der Waals surface area contributed by atoms with Crippen LogP contribution in [0, 0.1) is 5.92 Å². The minimum Gasteiger partial charge on any atom is -1.00 e. The molecular weight excluding hydrogens is 522 g/mol. The quantitative estimate of drug-likeness (QED) is 0.260. The van der Waals surface area contributed by atoms with E-state index < -0.39 is 17.5 Å². The van der Waals surface area contributed by atoms with Crippen LogP contribution < -0.4 is 22.9 Å². The van der Waals surface area contributed by atoms with Gasteiger partial charge in [-0.1, -0.05) is 103 Å². The number of quaternary nitrogens is 1. The van der Waals surface area contributed by atoms with Crippen LogP contribution in [0.15, 0.2) is 124 Å². The molecule has 1 heterocycles. The third-order valence-corrected chi connectivity index (χ3v) is 7.32. The smallest absolute Gasteiger partial charge is 0.343 e. The maximum absolute atomic E-state index is 13.4. The molecule has 6 heteroatoms. The van der Waals surface area contributed by atoms with Gasteiger partial charge in [-0.15, -0.1) is 0 Å². The number of nitrogens with one attached hydrogen (secondary N) is 1. The van der Waals surface area contributed by atoms with Gasteiger partial charge in [-0.3, -0.25) is 4.79 Å². The Bertz CT molecular complexity index is 1560. The second kappa shape index (κ2) is 13.2. The van der Waals surface area contributed by atoms with Gasteiger partial charge in [-0.2, -0.15) is 0 Å². The molecule has 2 atom stereocenters. The Morgan fingerprint density at radius 2 is 1.27 bits per heavy atom. The van der Waals surface area contributed by atoms with E-state index in [4.69, 9.17) is 4.42 Å². The number of hydrogen-bond donors (Lipinski definition) is 2. The Labute approximate surface area is 240 Å². The normalized spacial score (nSPS) is 12.6. The van der Waals surface area contributed by atoms with E-state index in [1.165, 1.54) is 4.90 Å². The first-order chi connectivity index (χ1) is 19.0. The van der Waals surface area contributed by atoms with Crippen LogP contribution >= 0.6 is 0 Å². The Morgan fingerprint density at radius 3 is 1.82 bits per heavy atom. The van der Waals surface area contributed by atoms with Crippen LogP contribution in [0.5, 0.6) is 5.75 Å². The Hall–Kier alpha value is -4.19. The molecule has 0 fully saturated rings. The van der Waals surface area contributed by atoms with Crippen molar-refractivity contribution >= 4 is 16.8 Å². The molecule has 5 aromatic rings. The fourth-order valence-electron chi connectivity index (χ4n) is 5.47. The highest BCUT2D eigenvalue weighted by molar-refractivity contribution is 5.85. The highest BCUT2D eigenvalue weighted by Gasteiger charge is 2.37. The summed E-state index contributed by atoms with van der Waals surface area (Å²) >= 11 is 0. The number of ketones is 1. The highest BCUT2D eigenvalue weighted by atomic mass is 35.5. The number of benzene rings is 4. The van der Waals surface area contributed by atoms with Crippen molar-refractivity contribution in [3.05, 3.63) is 148 Å². The summed E-state index contributed by atoms with van der Waals surface area (Å²) in [5, 5.41) is 11.9. The van der Waals surface area contributed by atoms with Gasteiger partial charge in [0, 0.05) is 17.0 Å². The second-order valence-corrected chi connectivity index (χ2v) is 10.0. The van der Waals surface area contributed by atoms with E-state index in [1.54, 1.807) is 31.2 Å². The first kappa shape index (κ1) is 28.8. The van der Waals surface area contributed by atoms with Crippen LogP contribution in [-0.4, -0.2) is 17.4 Å². The molecule has 5 rings (SSSR count). The lowest BCUT2D eigenvalue weighted by Gasteiger charge is -2.30. The van der Waals surface area contributed by atoms with Gasteiger partial charge in [0.25, 0.3) is 0 Å². The van der Waals surface area contributed by atoms with Crippen molar-refractivity contribution in [2.75, 3.05) is 6.54 Å². The lowest BCUT2D eigenvalue weighted by Crippen LogP contribution is -3.10. The molecule has 0 bridgehead atoms. The summed E-state index contributed by atoms with van der Waals surface area (Å²) in [6.07, 6.45) is 0. The molecule has 0 amide bonds. The van der Waals surface area contributed by atoms with Gasteiger partial charge in [0.2, 0.25) is 0 Å². The van der Waals surface area contributed by atoms with Gasteiger partial charge in [-0.05, 0) is 24.6 Å². The fourth-order valence-corrected chi connectivity index (χ4v) is 5.47. The molecule has 0 aliphatic heterocycles. The Balaban J connectivity index is 0.00000370. The largest absolute Gasteiger partial charge is 1.00 e. The van der Waals surface area contributed by atoms with Crippen LogP contribution in [0.25, 0.3) is 11.0 Å². The Kier molecular flexibility index (Phi) is 9.54. The summed E-state index contributed by atoms with van der Waals surface area (Å²) in [4.78, 5) is 28.0. The molecule has 5 nitrogen and oxygen atoms in total. The van der Waals surface area contributed by atoms with Crippen molar-refractivity contribution in [2.45, 2.75) is 25.9 Å². The number of rotatable bonds is 10. The standard InChI is InChI=1S/C34H31NO4.ClH/c1-24(36)29(23-35(21-25-13-5-2-6-14-25)22-26-15-7-3-8-16-26)31(27-17-9-4-10-18-27)32-33(37)28-19-11-12-20-30(28)39-34(32)38;/h2-20,29,31,37H,21-23H2,1H3;1H. The summed E-state index contributed by atoms with van der Waals surface area (Å²) in [6, 6.07) is 36.8. The zero-order valence-corrected chi connectivity index (χ0v) is 23.1. The van der Waals surface area contributed by atoms with Crippen LogP contribution in [0.4, 0.5) is 0 Å². The molecule has 0 aliphatic carbocycles. The molecule has 2 N–H and O–H groups in total. The van der Waals surface area contributed by atoms with E-state index in [-0.39, 0.29) is 29.5 Å². The maximum atomic E-state index is 13.4. The summed E-state index contributed by atoms with van der Waals surface area (Å²) in [7, 11) is 0. The lowest BCUT2D eigenvalue weighted by molar-refractivity contribution is -0.930. The summed E-state index contributed by atoms with van der Waals surface area (Å²) in [5.41, 5.74) is 2.92. The number of aromatic hydroxyl groups is 1. The van der Waals surface area contributed by atoms with Crippen molar-refractivity contribution in [1.29, 1.82) is 0 Å². The minimum atomic E-state index is -0.675. The zero-order chi connectivity index (χ0) is 27.2. The SMILES string of the molecule is CC(=O)C(C[NH+](Cc1ccccc1)Cc1ccccc1)C(c1ccccc1)c1c(O)c2ccccc2oc1=O.[Cl-]. The molecule has 0 saturated carbocycles. The number of fused-ring (bicyclic) bond motifs is 1. The molecule has 1 aromatic heterocycles. The van der Waals surface area contributed by atoms with Gasteiger partial charge in [0.1, 0.15) is 30.2 Å². The highest BCUT2D eigenvalue weighted by Crippen LogP contribution is 2.38. The third kappa shape index (κ3) is 6.50. The van der Waals surface area contributed by atoms with Gasteiger partial charge in [-0.25, -0.2) is 4.79 Å².